The first-order chi connectivity index (χ1) is 39.9. The zero-order valence-electron chi connectivity index (χ0n) is 45.0. The second-order valence-electron chi connectivity index (χ2n) is 21.3. The molecule has 0 fully saturated rings. The van der Waals surface area contributed by atoms with Gasteiger partial charge in [-0.05, 0) is 193 Å². The molecular weight excluding hydrogens is 989 g/mol. The van der Waals surface area contributed by atoms with Gasteiger partial charge in [0.15, 0.2) is 0 Å². The molecule has 12 aromatic rings. The van der Waals surface area contributed by atoms with E-state index in [1.54, 1.807) is 14.2 Å². The van der Waals surface area contributed by atoms with E-state index in [-0.39, 0.29) is 13.2 Å². The smallest absolute Gasteiger partial charge is 0.118 e. The number of rotatable bonds is 12. The minimum Gasteiger partial charge on any atom is -0.497 e. The van der Waals surface area contributed by atoms with Crippen LogP contribution in [0.25, 0.3) is 111 Å². The summed E-state index contributed by atoms with van der Waals surface area (Å²) < 4.78 is 10.9. The van der Waals surface area contributed by atoms with Crippen LogP contribution in [0.1, 0.15) is 33.4 Å². The molecule has 4 nitrogen and oxygen atoms in total. The zero-order chi connectivity index (χ0) is 54.6. The lowest BCUT2D eigenvalue weighted by molar-refractivity contribution is 0.281. The van der Waals surface area contributed by atoms with Crippen molar-refractivity contribution in [3.05, 3.63) is 300 Å². The molecule has 0 bridgehead atoms. The number of methoxy groups -OCH3 is 2. The van der Waals surface area contributed by atoms with Crippen molar-refractivity contribution in [3.63, 3.8) is 0 Å². The average Bonchev–Trinajstić information content (AvgIpc) is 4.12. The number of aliphatic hydroxyl groups excluding tert-OH is 2. The summed E-state index contributed by atoms with van der Waals surface area (Å²) in [6, 6.07) is 97.1. The molecule has 0 aromatic heterocycles. The molecule has 2 aliphatic rings. The van der Waals surface area contributed by atoms with E-state index in [4.69, 9.17) is 9.47 Å². The lowest BCUT2D eigenvalue weighted by atomic mass is 9.69. The molecule has 12 aromatic carbocycles. The molecule has 1 spiro atoms. The molecule has 2 aliphatic carbocycles. The summed E-state index contributed by atoms with van der Waals surface area (Å²) in [4.78, 5) is 0. The molecule has 0 atom stereocenters. The summed E-state index contributed by atoms with van der Waals surface area (Å²) in [6.45, 7) is 0.0445. The Labute approximate surface area is 473 Å². The topological polar surface area (TPSA) is 58.9 Å². The monoisotopic (exact) mass is 1040 g/mol. The molecule has 81 heavy (non-hydrogen) atoms. The highest BCUT2D eigenvalue weighted by Gasteiger charge is 2.52. The first kappa shape index (κ1) is 49.5. The van der Waals surface area contributed by atoms with Crippen LogP contribution in [0.2, 0.25) is 0 Å². The van der Waals surface area contributed by atoms with Crippen molar-refractivity contribution in [2.75, 3.05) is 14.2 Å². The van der Waals surface area contributed by atoms with Gasteiger partial charge in [-0.15, -0.1) is 0 Å². The van der Waals surface area contributed by atoms with E-state index in [1.807, 2.05) is 48.5 Å². The molecular formula is C77H56O4. The van der Waals surface area contributed by atoms with Crippen LogP contribution in [0.5, 0.6) is 11.5 Å². The summed E-state index contributed by atoms with van der Waals surface area (Å²) in [7, 11) is 3.40. The Kier molecular flexibility index (Phi) is 12.5. The van der Waals surface area contributed by atoms with Crippen molar-refractivity contribution in [1.29, 1.82) is 0 Å². The first-order valence-electron chi connectivity index (χ1n) is 27.6. The molecule has 0 heterocycles. The Morgan fingerprint density at radius 1 is 0.235 bits per heavy atom. The standard InChI is InChI=1S/C77H56O4/c1-80-67-35-27-57(28-36-67)55-15-23-61(24-16-55)65-33-41-71-69-39-31-63(59-19-11-53(12-20-59)51-7-3-49(47-78)4-8-51)43-73(69)77(75(71)45-65)74-44-64(60-21-13-54(14-22-60)52-9-5-50(48-79)6-10-52)32-40-70(74)72-42-34-66(46-76(72)77)62-25-17-56(18-26-62)58-29-37-68(81-2)38-30-58/h3-46,78-79H,47-48H2,1-2H3. The van der Waals surface area contributed by atoms with Crippen molar-refractivity contribution >= 4 is 0 Å². The van der Waals surface area contributed by atoms with Gasteiger partial charge >= 0.3 is 0 Å². The molecule has 0 amide bonds. The highest BCUT2D eigenvalue weighted by Crippen LogP contribution is 2.64. The Balaban J connectivity index is 0.956. The first-order valence-corrected chi connectivity index (χ1v) is 27.6. The molecule has 0 radical (unpaired) electrons. The predicted octanol–water partition coefficient (Wildman–Crippen LogP) is 18.4. The molecule has 0 aliphatic heterocycles. The Hall–Kier alpha value is -9.84. The van der Waals surface area contributed by atoms with E-state index in [2.05, 4.69) is 218 Å². The summed E-state index contributed by atoms with van der Waals surface area (Å²) >= 11 is 0. The van der Waals surface area contributed by atoms with E-state index >= 15 is 0 Å². The molecule has 0 saturated heterocycles. The van der Waals surface area contributed by atoms with Crippen molar-refractivity contribution in [3.8, 4) is 123 Å². The maximum absolute atomic E-state index is 9.73. The van der Waals surface area contributed by atoms with Crippen LogP contribution < -0.4 is 9.47 Å². The number of hydrogen-bond donors (Lipinski definition) is 2. The summed E-state index contributed by atoms with van der Waals surface area (Å²) in [5.74, 6) is 1.68. The largest absolute Gasteiger partial charge is 0.497 e. The van der Waals surface area contributed by atoms with Gasteiger partial charge in [-0.1, -0.05) is 218 Å². The Bertz CT molecular complexity index is 3720. The lowest BCUT2D eigenvalue weighted by Gasteiger charge is -2.32. The second kappa shape index (κ2) is 20.4. The quantitative estimate of drug-likeness (QED) is 0.128. The highest BCUT2D eigenvalue weighted by molar-refractivity contribution is 5.99. The van der Waals surface area contributed by atoms with E-state index in [1.165, 1.54) is 44.5 Å². The Morgan fingerprint density at radius 2 is 0.407 bits per heavy atom. The van der Waals surface area contributed by atoms with Crippen LogP contribution in [-0.4, -0.2) is 24.4 Å². The van der Waals surface area contributed by atoms with E-state index in [0.29, 0.717) is 0 Å². The lowest BCUT2D eigenvalue weighted by Crippen LogP contribution is -2.26. The molecule has 0 unspecified atom stereocenters. The molecule has 2 N–H and O–H groups in total. The zero-order valence-corrected chi connectivity index (χ0v) is 45.0. The van der Waals surface area contributed by atoms with E-state index in [0.717, 1.165) is 112 Å². The van der Waals surface area contributed by atoms with Crippen molar-refractivity contribution in [2.24, 2.45) is 0 Å². The fourth-order valence-corrected chi connectivity index (χ4v) is 12.5. The third-order valence-corrected chi connectivity index (χ3v) is 16.9. The number of fused-ring (bicyclic) bond motifs is 10. The maximum Gasteiger partial charge on any atom is 0.118 e. The number of aliphatic hydroxyl groups is 2. The second-order valence-corrected chi connectivity index (χ2v) is 21.3. The van der Waals surface area contributed by atoms with Gasteiger partial charge in [0.1, 0.15) is 11.5 Å². The summed E-state index contributed by atoms with van der Waals surface area (Å²) in [5.41, 5.74) is 29.3. The van der Waals surface area contributed by atoms with Gasteiger partial charge in [0.05, 0.1) is 32.8 Å². The average molecular weight is 1050 g/mol. The summed E-state index contributed by atoms with van der Waals surface area (Å²) in [6.07, 6.45) is 0. The van der Waals surface area contributed by atoms with Gasteiger partial charge in [-0.2, -0.15) is 0 Å². The number of hydrogen-bond acceptors (Lipinski definition) is 4. The SMILES string of the molecule is COc1ccc(-c2ccc(-c3ccc4c(c3)C3(c5cc(-c6ccc(-c7ccc(CO)cc7)cc6)ccc5-4)c4cc(-c5ccc(-c6ccc(CO)cc6)cc5)ccc4-c4ccc(-c5ccc(-c6ccc(OC)cc6)cc5)cc43)cc2)cc1. The van der Waals surface area contributed by atoms with Gasteiger partial charge in [0.25, 0.3) is 0 Å². The normalized spacial score (nSPS) is 12.4. The minimum absolute atomic E-state index is 0.0223. The predicted molar refractivity (Wildman–Crippen MR) is 331 cm³/mol. The van der Waals surface area contributed by atoms with Crippen LogP contribution in [0.15, 0.2) is 267 Å². The van der Waals surface area contributed by atoms with Crippen LogP contribution in [0.3, 0.4) is 0 Å². The number of ether oxygens (including phenoxy) is 2. The van der Waals surface area contributed by atoms with Gasteiger partial charge < -0.3 is 19.7 Å². The van der Waals surface area contributed by atoms with Crippen molar-refractivity contribution < 1.29 is 19.7 Å². The third-order valence-electron chi connectivity index (χ3n) is 16.9. The third kappa shape index (κ3) is 8.65. The Morgan fingerprint density at radius 3 is 0.605 bits per heavy atom. The van der Waals surface area contributed by atoms with Crippen LogP contribution in [-0.2, 0) is 18.6 Å². The fraction of sp³-hybridized carbons (Fsp3) is 0.0649. The van der Waals surface area contributed by atoms with Gasteiger partial charge in [-0.25, -0.2) is 0 Å². The molecule has 4 heteroatoms. The molecule has 0 saturated carbocycles. The van der Waals surface area contributed by atoms with E-state index in [9.17, 15) is 10.2 Å². The van der Waals surface area contributed by atoms with E-state index < -0.39 is 5.41 Å². The summed E-state index contributed by atoms with van der Waals surface area (Å²) in [5, 5.41) is 19.5. The van der Waals surface area contributed by atoms with Gasteiger partial charge in [0.2, 0.25) is 0 Å². The van der Waals surface area contributed by atoms with Gasteiger partial charge in [0, 0.05) is 0 Å². The number of benzene rings is 12. The maximum atomic E-state index is 9.73. The minimum atomic E-state index is -0.706. The highest BCUT2D eigenvalue weighted by atomic mass is 16.5. The van der Waals surface area contributed by atoms with Crippen LogP contribution in [0, 0.1) is 0 Å². The van der Waals surface area contributed by atoms with Crippen LogP contribution >= 0.6 is 0 Å². The van der Waals surface area contributed by atoms with Crippen LogP contribution in [0.4, 0.5) is 0 Å². The fourth-order valence-electron chi connectivity index (χ4n) is 12.5. The molecule has 388 valence electrons. The van der Waals surface area contributed by atoms with Crippen molar-refractivity contribution in [2.45, 2.75) is 18.6 Å². The van der Waals surface area contributed by atoms with Gasteiger partial charge in [-0.3, -0.25) is 0 Å². The van der Waals surface area contributed by atoms with Crippen molar-refractivity contribution in [1.82, 2.24) is 0 Å². The molecule has 14 rings (SSSR count).